The number of benzene rings is 2. The van der Waals surface area contributed by atoms with Crippen molar-refractivity contribution in [1.82, 2.24) is 10.0 Å². The van der Waals surface area contributed by atoms with Gasteiger partial charge in [-0.3, -0.25) is 9.59 Å². The zero-order valence-electron chi connectivity index (χ0n) is 15.9. The van der Waals surface area contributed by atoms with Crippen molar-refractivity contribution >= 4 is 39.3 Å². The Hall–Kier alpha value is -2.36. The second kappa shape index (κ2) is 9.72. The van der Waals surface area contributed by atoms with Crippen LogP contribution >= 0.6 is 11.8 Å². The molecule has 0 unspecified atom stereocenters. The van der Waals surface area contributed by atoms with E-state index in [2.05, 4.69) is 15.4 Å². The summed E-state index contributed by atoms with van der Waals surface area (Å²) < 4.78 is 26.8. The van der Waals surface area contributed by atoms with E-state index in [0.29, 0.717) is 5.69 Å². The summed E-state index contributed by atoms with van der Waals surface area (Å²) in [6, 6.07) is 12.0. The van der Waals surface area contributed by atoms with E-state index in [4.69, 9.17) is 0 Å². The average molecular weight is 422 g/mol. The van der Waals surface area contributed by atoms with Gasteiger partial charge in [0.1, 0.15) is 0 Å². The van der Waals surface area contributed by atoms with Gasteiger partial charge in [-0.05, 0) is 67.6 Å². The summed E-state index contributed by atoms with van der Waals surface area (Å²) >= 11 is 1.59. The standard InChI is InChI=1S/C19H23N3O4S2/c1-13-4-9-17(10-14(13)2)28(25,26)21-12-18(23)20-11-19(24)22-15-5-7-16(27-3)8-6-15/h4-10,21H,11-12H2,1-3H3,(H,20,23)(H,22,24). The van der Waals surface area contributed by atoms with Crippen LogP contribution in [0.25, 0.3) is 0 Å². The van der Waals surface area contributed by atoms with E-state index >= 15 is 0 Å². The minimum atomic E-state index is -3.80. The summed E-state index contributed by atoms with van der Waals surface area (Å²) in [5.74, 6) is -0.998. The Kier molecular flexibility index (Phi) is 7.61. The topological polar surface area (TPSA) is 104 Å². The Bertz CT molecular complexity index is 958. The van der Waals surface area contributed by atoms with Gasteiger partial charge in [0.25, 0.3) is 0 Å². The highest BCUT2D eigenvalue weighted by atomic mass is 32.2. The second-order valence-electron chi connectivity index (χ2n) is 6.12. The highest BCUT2D eigenvalue weighted by Crippen LogP contribution is 2.17. The third-order valence-electron chi connectivity index (χ3n) is 4.03. The number of amides is 2. The highest BCUT2D eigenvalue weighted by Gasteiger charge is 2.16. The molecule has 0 atom stereocenters. The molecular weight excluding hydrogens is 398 g/mol. The predicted octanol–water partition coefficient (Wildman–Crippen LogP) is 2.06. The van der Waals surface area contributed by atoms with Gasteiger partial charge in [-0.1, -0.05) is 6.07 Å². The lowest BCUT2D eigenvalue weighted by molar-refractivity contribution is -0.123. The first kappa shape index (κ1) is 21.9. The lowest BCUT2D eigenvalue weighted by Gasteiger charge is -2.10. The van der Waals surface area contributed by atoms with Crippen molar-refractivity contribution in [2.75, 3.05) is 24.7 Å². The zero-order valence-corrected chi connectivity index (χ0v) is 17.5. The monoisotopic (exact) mass is 421 g/mol. The van der Waals surface area contributed by atoms with Crippen molar-refractivity contribution in [3.05, 3.63) is 53.6 Å². The summed E-state index contributed by atoms with van der Waals surface area (Å²) in [6.45, 7) is 2.99. The molecule has 2 amide bonds. The van der Waals surface area contributed by atoms with Crippen LogP contribution in [0.15, 0.2) is 52.3 Å². The number of hydrogen-bond acceptors (Lipinski definition) is 5. The maximum atomic E-state index is 12.3. The van der Waals surface area contributed by atoms with Gasteiger partial charge in [0.05, 0.1) is 18.0 Å². The van der Waals surface area contributed by atoms with E-state index in [1.54, 1.807) is 36.0 Å². The maximum absolute atomic E-state index is 12.3. The van der Waals surface area contributed by atoms with E-state index in [0.717, 1.165) is 16.0 Å². The van der Waals surface area contributed by atoms with Crippen molar-refractivity contribution < 1.29 is 18.0 Å². The molecule has 150 valence electrons. The molecule has 0 fully saturated rings. The third-order valence-corrected chi connectivity index (χ3v) is 6.17. The van der Waals surface area contributed by atoms with E-state index in [9.17, 15) is 18.0 Å². The van der Waals surface area contributed by atoms with Crippen LogP contribution in [0.5, 0.6) is 0 Å². The number of hydrogen-bond donors (Lipinski definition) is 3. The maximum Gasteiger partial charge on any atom is 0.243 e. The van der Waals surface area contributed by atoms with Crippen molar-refractivity contribution in [3.63, 3.8) is 0 Å². The normalized spacial score (nSPS) is 11.1. The molecule has 2 aromatic rings. The molecule has 3 N–H and O–H groups in total. The lowest BCUT2D eigenvalue weighted by atomic mass is 10.1. The summed E-state index contributed by atoms with van der Waals surface area (Å²) in [7, 11) is -3.80. The molecule has 9 heteroatoms. The largest absolute Gasteiger partial charge is 0.346 e. The van der Waals surface area contributed by atoms with Crippen molar-refractivity contribution in [2.24, 2.45) is 0 Å². The number of anilines is 1. The predicted molar refractivity (Wildman–Crippen MR) is 111 cm³/mol. The summed E-state index contributed by atoms with van der Waals surface area (Å²) in [6.07, 6.45) is 1.96. The Morgan fingerprint density at radius 3 is 2.21 bits per heavy atom. The van der Waals surface area contributed by atoms with E-state index < -0.39 is 28.4 Å². The SMILES string of the molecule is CSc1ccc(NC(=O)CNC(=O)CNS(=O)(=O)c2ccc(C)c(C)c2)cc1. The highest BCUT2D eigenvalue weighted by molar-refractivity contribution is 7.98. The molecule has 0 bridgehead atoms. The number of carbonyl (C=O) groups is 2. The molecule has 0 aliphatic carbocycles. The second-order valence-corrected chi connectivity index (χ2v) is 8.77. The van der Waals surface area contributed by atoms with E-state index in [1.165, 1.54) is 6.07 Å². The van der Waals surface area contributed by atoms with Gasteiger partial charge in [-0.2, -0.15) is 0 Å². The average Bonchev–Trinajstić information content (AvgIpc) is 2.67. The first-order valence-electron chi connectivity index (χ1n) is 8.49. The van der Waals surface area contributed by atoms with Gasteiger partial charge >= 0.3 is 0 Å². The van der Waals surface area contributed by atoms with Crippen LogP contribution in [0.4, 0.5) is 5.69 Å². The Morgan fingerprint density at radius 1 is 0.929 bits per heavy atom. The fourth-order valence-electron chi connectivity index (χ4n) is 2.25. The van der Waals surface area contributed by atoms with Gasteiger partial charge in [-0.25, -0.2) is 13.1 Å². The van der Waals surface area contributed by atoms with Gasteiger partial charge in [-0.15, -0.1) is 11.8 Å². The Morgan fingerprint density at radius 2 is 1.61 bits per heavy atom. The van der Waals surface area contributed by atoms with Crippen LogP contribution < -0.4 is 15.4 Å². The fourth-order valence-corrected chi connectivity index (χ4v) is 3.72. The third kappa shape index (κ3) is 6.36. The number of sulfonamides is 1. The van der Waals surface area contributed by atoms with Gasteiger partial charge in [0.2, 0.25) is 21.8 Å². The molecular formula is C19H23N3O4S2. The molecule has 0 aliphatic rings. The molecule has 28 heavy (non-hydrogen) atoms. The molecule has 2 aromatic carbocycles. The number of aryl methyl sites for hydroxylation is 2. The first-order valence-corrected chi connectivity index (χ1v) is 11.2. The fraction of sp³-hybridized carbons (Fsp3) is 0.263. The number of thioether (sulfide) groups is 1. The van der Waals surface area contributed by atoms with Gasteiger partial charge < -0.3 is 10.6 Å². The molecule has 0 saturated heterocycles. The number of carbonyl (C=O) groups excluding carboxylic acids is 2. The van der Waals surface area contributed by atoms with Crippen LogP contribution in [0.3, 0.4) is 0 Å². The molecule has 0 saturated carbocycles. The summed E-state index contributed by atoms with van der Waals surface area (Å²) in [4.78, 5) is 24.9. The van der Waals surface area contributed by atoms with Crippen molar-refractivity contribution in [2.45, 2.75) is 23.6 Å². The molecule has 0 heterocycles. The molecule has 0 aliphatic heterocycles. The smallest absolute Gasteiger partial charge is 0.243 e. The number of rotatable bonds is 8. The van der Waals surface area contributed by atoms with E-state index in [-0.39, 0.29) is 11.4 Å². The molecule has 0 aromatic heterocycles. The van der Waals surface area contributed by atoms with Gasteiger partial charge in [0.15, 0.2) is 0 Å². The summed E-state index contributed by atoms with van der Waals surface area (Å²) in [5.41, 5.74) is 2.44. The first-order chi connectivity index (χ1) is 13.2. The van der Waals surface area contributed by atoms with Crippen LogP contribution in [-0.2, 0) is 19.6 Å². The van der Waals surface area contributed by atoms with Crippen LogP contribution in [0, 0.1) is 13.8 Å². The van der Waals surface area contributed by atoms with Crippen molar-refractivity contribution in [1.29, 1.82) is 0 Å². The van der Waals surface area contributed by atoms with Crippen LogP contribution in [0.1, 0.15) is 11.1 Å². The minimum Gasteiger partial charge on any atom is -0.346 e. The lowest BCUT2D eigenvalue weighted by Crippen LogP contribution is -2.40. The van der Waals surface area contributed by atoms with Crippen LogP contribution in [-0.4, -0.2) is 39.6 Å². The van der Waals surface area contributed by atoms with Gasteiger partial charge in [0, 0.05) is 10.6 Å². The number of nitrogens with one attached hydrogen (secondary N) is 3. The molecule has 2 rings (SSSR count). The van der Waals surface area contributed by atoms with E-state index in [1.807, 2.05) is 32.2 Å². The zero-order chi connectivity index (χ0) is 20.7. The van der Waals surface area contributed by atoms with Crippen molar-refractivity contribution in [3.8, 4) is 0 Å². The van der Waals surface area contributed by atoms with Crippen LogP contribution in [0.2, 0.25) is 0 Å². The minimum absolute atomic E-state index is 0.0924. The molecule has 0 radical (unpaired) electrons. The summed E-state index contributed by atoms with van der Waals surface area (Å²) in [5, 5.41) is 5.04. The Labute approximate surface area is 169 Å². The Balaban J connectivity index is 1.81. The quantitative estimate of drug-likeness (QED) is 0.566. The molecule has 0 spiro atoms. The molecule has 7 nitrogen and oxygen atoms in total.